The van der Waals surface area contributed by atoms with Gasteiger partial charge in [-0.05, 0) is 35.0 Å². The van der Waals surface area contributed by atoms with Crippen molar-refractivity contribution in [2.75, 3.05) is 13.2 Å². The van der Waals surface area contributed by atoms with Gasteiger partial charge in [-0.1, -0.05) is 0 Å². The van der Waals surface area contributed by atoms with E-state index in [4.69, 9.17) is 15.1 Å². The molecular weight excluding hydrogens is 358 g/mol. The predicted octanol–water partition coefficient (Wildman–Crippen LogP) is 1.06. The lowest BCUT2D eigenvalue weighted by Gasteiger charge is -2.07. The van der Waals surface area contributed by atoms with Crippen LogP contribution in [0.25, 0.3) is 0 Å². The maximum Gasteiger partial charge on any atom is 0.325 e. The highest BCUT2D eigenvalue weighted by Crippen LogP contribution is 2.13. The molecule has 1 amide bonds. The molecule has 1 aromatic heterocycles. The van der Waals surface area contributed by atoms with Gasteiger partial charge in [-0.25, -0.2) is 0 Å². The maximum atomic E-state index is 11.6. The number of ether oxygens (including phenoxy) is 1. The Labute approximate surface area is 134 Å². The summed E-state index contributed by atoms with van der Waals surface area (Å²) in [6.07, 6.45) is 0. The lowest BCUT2D eigenvalue weighted by atomic mass is 10.0. The number of halogens is 1. The molecule has 0 radical (unpaired) electrons. The average Bonchev–Trinajstić information content (AvgIpc) is 2.89. The second-order valence-electron chi connectivity index (χ2n) is 4.16. The second-order valence-corrected chi connectivity index (χ2v) is 4.94. The summed E-state index contributed by atoms with van der Waals surface area (Å²) in [4.78, 5) is 34.5. The first kappa shape index (κ1) is 17.6. The van der Waals surface area contributed by atoms with Crippen molar-refractivity contribution in [2.45, 2.75) is 6.92 Å². The van der Waals surface area contributed by atoms with Crippen molar-refractivity contribution >= 4 is 39.3 Å². The van der Waals surface area contributed by atoms with E-state index in [2.05, 4.69) is 26.0 Å². The molecule has 2 N–H and O–H groups in total. The van der Waals surface area contributed by atoms with E-state index in [-0.39, 0.29) is 11.5 Å². The van der Waals surface area contributed by atoms with Crippen molar-refractivity contribution in [3.8, 4) is 6.07 Å². The molecule has 116 valence electrons. The van der Waals surface area contributed by atoms with Crippen LogP contribution in [0.3, 0.4) is 0 Å². The van der Waals surface area contributed by atoms with E-state index >= 15 is 0 Å². The summed E-state index contributed by atoms with van der Waals surface area (Å²) >= 11 is 3.03. The van der Waals surface area contributed by atoms with Crippen LogP contribution >= 0.6 is 15.9 Å². The number of amides is 1. The molecule has 8 nitrogen and oxygen atoms in total. The third-order valence-corrected chi connectivity index (χ3v) is 2.88. The van der Waals surface area contributed by atoms with Gasteiger partial charge in [-0.15, -0.1) is 0 Å². The zero-order valence-corrected chi connectivity index (χ0v) is 13.1. The van der Waals surface area contributed by atoms with Gasteiger partial charge in [0.25, 0.3) is 5.91 Å². The molecule has 0 fully saturated rings. The zero-order chi connectivity index (χ0) is 16.7. The lowest BCUT2D eigenvalue weighted by molar-refractivity contribution is -0.147. The van der Waals surface area contributed by atoms with E-state index in [0.717, 1.165) is 0 Å². The van der Waals surface area contributed by atoms with Gasteiger partial charge in [0.2, 0.25) is 0 Å². The molecule has 22 heavy (non-hydrogen) atoms. The van der Waals surface area contributed by atoms with Crippen LogP contribution in [-0.2, 0) is 14.3 Å². The highest BCUT2D eigenvalue weighted by atomic mass is 79.9. The molecular formula is C13H12BrN3O5. The fourth-order valence-corrected chi connectivity index (χ4v) is 1.68. The minimum Gasteiger partial charge on any atom is -0.456 e. The zero-order valence-electron chi connectivity index (χ0n) is 11.5. The molecule has 0 aliphatic rings. The van der Waals surface area contributed by atoms with Crippen LogP contribution in [-0.4, -0.2) is 36.5 Å². The van der Waals surface area contributed by atoms with Gasteiger partial charge < -0.3 is 19.9 Å². The van der Waals surface area contributed by atoms with Crippen LogP contribution in [0.15, 0.2) is 21.2 Å². The highest BCUT2D eigenvalue weighted by molar-refractivity contribution is 9.10. The molecule has 0 saturated heterocycles. The number of nitrogens with zero attached hydrogens (tertiary/aromatic N) is 1. The number of hydrogen-bond donors (Lipinski definition) is 2. The van der Waals surface area contributed by atoms with E-state index in [1.807, 2.05) is 0 Å². The topological polar surface area (TPSA) is 133 Å². The third-order valence-electron chi connectivity index (χ3n) is 2.45. The van der Waals surface area contributed by atoms with E-state index < -0.39 is 36.7 Å². The Morgan fingerprint density at radius 1 is 1.50 bits per heavy atom. The summed E-state index contributed by atoms with van der Waals surface area (Å²) in [5.74, 6) is -3.36. The van der Waals surface area contributed by atoms with Crippen molar-refractivity contribution in [2.24, 2.45) is 5.92 Å². The SMILES string of the molecule is CC(=N)C(C#N)C(=O)COC(=O)CNC(=O)c1ccc(Br)o1. The van der Waals surface area contributed by atoms with Gasteiger partial charge >= 0.3 is 5.97 Å². The summed E-state index contributed by atoms with van der Waals surface area (Å²) < 4.78 is 10.00. The summed E-state index contributed by atoms with van der Waals surface area (Å²) in [5, 5.41) is 18.2. The molecule has 0 spiro atoms. The smallest absolute Gasteiger partial charge is 0.325 e. The fourth-order valence-electron chi connectivity index (χ4n) is 1.37. The first-order valence-corrected chi connectivity index (χ1v) is 6.81. The fraction of sp³-hybridized carbons (Fsp3) is 0.308. The Balaban J connectivity index is 2.38. The number of esters is 1. The van der Waals surface area contributed by atoms with Crippen LogP contribution in [0.5, 0.6) is 0 Å². The lowest BCUT2D eigenvalue weighted by Crippen LogP contribution is -2.32. The predicted molar refractivity (Wildman–Crippen MR) is 77.2 cm³/mol. The number of carbonyl (C=O) groups is 3. The van der Waals surface area contributed by atoms with E-state index in [9.17, 15) is 14.4 Å². The Kier molecular flexibility index (Phi) is 6.47. The first-order valence-electron chi connectivity index (χ1n) is 6.01. The van der Waals surface area contributed by atoms with Gasteiger partial charge in [0.1, 0.15) is 12.5 Å². The largest absolute Gasteiger partial charge is 0.456 e. The Morgan fingerprint density at radius 2 is 2.18 bits per heavy atom. The van der Waals surface area contributed by atoms with Crippen LogP contribution in [0.4, 0.5) is 0 Å². The van der Waals surface area contributed by atoms with Crippen molar-refractivity contribution < 1.29 is 23.5 Å². The Bertz CT molecular complexity index is 646. The van der Waals surface area contributed by atoms with Crippen LogP contribution in [0, 0.1) is 22.7 Å². The van der Waals surface area contributed by atoms with Gasteiger partial charge in [0.05, 0.1) is 6.07 Å². The number of hydrogen-bond acceptors (Lipinski definition) is 7. The Morgan fingerprint density at radius 3 is 2.68 bits per heavy atom. The summed E-state index contributed by atoms with van der Waals surface area (Å²) in [5.41, 5.74) is -0.125. The van der Waals surface area contributed by atoms with Gasteiger partial charge in [-0.3, -0.25) is 14.4 Å². The van der Waals surface area contributed by atoms with Gasteiger partial charge in [0, 0.05) is 5.71 Å². The number of carbonyl (C=O) groups excluding carboxylic acids is 3. The number of nitriles is 1. The monoisotopic (exact) mass is 369 g/mol. The minimum absolute atomic E-state index is 0.0136. The molecule has 1 unspecified atom stereocenters. The summed E-state index contributed by atoms with van der Waals surface area (Å²) in [6.45, 7) is 0.232. The van der Waals surface area contributed by atoms with Crippen molar-refractivity contribution in [1.29, 1.82) is 10.7 Å². The molecule has 0 bridgehead atoms. The van der Waals surface area contributed by atoms with E-state index in [0.29, 0.717) is 4.67 Å². The summed E-state index contributed by atoms with van der Waals surface area (Å²) in [6, 6.07) is 4.58. The number of rotatable bonds is 7. The van der Waals surface area contributed by atoms with Gasteiger partial charge in [0.15, 0.2) is 22.8 Å². The third kappa shape index (κ3) is 5.14. The molecule has 0 aliphatic carbocycles. The van der Waals surface area contributed by atoms with Gasteiger partial charge in [-0.2, -0.15) is 5.26 Å². The maximum absolute atomic E-state index is 11.6. The van der Waals surface area contributed by atoms with E-state index in [1.54, 1.807) is 6.07 Å². The number of furan rings is 1. The molecule has 1 atom stereocenters. The molecule has 1 heterocycles. The van der Waals surface area contributed by atoms with Crippen molar-refractivity contribution in [3.63, 3.8) is 0 Å². The molecule has 0 saturated carbocycles. The number of nitrogens with one attached hydrogen (secondary N) is 2. The molecule has 0 aromatic carbocycles. The second kappa shape index (κ2) is 8.09. The number of Topliss-reactive ketones (excluding diaryl/α,β-unsaturated/α-hetero) is 1. The molecule has 1 rings (SSSR count). The van der Waals surface area contributed by atoms with Crippen LogP contribution in [0.1, 0.15) is 17.5 Å². The average molecular weight is 370 g/mol. The van der Waals surface area contributed by atoms with Crippen molar-refractivity contribution in [3.05, 3.63) is 22.6 Å². The van der Waals surface area contributed by atoms with E-state index in [1.165, 1.54) is 19.1 Å². The molecule has 9 heteroatoms. The summed E-state index contributed by atoms with van der Waals surface area (Å²) in [7, 11) is 0. The minimum atomic E-state index is -1.23. The molecule has 0 aliphatic heterocycles. The van der Waals surface area contributed by atoms with Crippen LogP contribution in [0.2, 0.25) is 0 Å². The van der Waals surface area contributed by atoms with Crippen LogP contribution < -0.4 is 5.32 Å². The first-order chi connectivity index (χ1) is 10.3. The van der Waals surface area contributed by atoms with Crippen molar-refractivity contribution in [1.82, 2.24) is 5.32 Å². The standard InChI is InChI=1S/C13H12BrN3O5/c1-7(16)8(4-15)9(18)6-21-12(19)5-17-13(20)10-2-3-11(14)22-10/h2-3,8,16H,5-6H2,1H3,(H,17,20). The molecule has 1 aromatic rings. The normalized spacial score (nSPS) is 11.1. The quantitative estimate of drug-likeness (QED) is 0.545. The number of ketones is 1. The highest BCUT2D eigenvalue weighted by Gasteiger charge is 2.21. The Hall–Kier alpha value is -2.47.